The second kappa shape index (κ2) is 5.77. The fourth-order valence-electron chi connectivity index (χ4n) is 3.04. The molecule has 1 saturated heterocycles. The Hall–Kier alpha value is -1.80. The Morgan fingerprint density at radius 2 is 2.09 bits per heavy atom. The topological polar surface area (TPSA) is 63.1 Å². The van der Waals surface area contributed by atoms with Gasteiger partial charge in [0.05, 0.1) is 12.5 Å². The fourth-order valence-corrected chi connectivity index (χ4v) is 3.04. The summed E-state index contributed by atoms with van der Waals surface area (Å²) < 4.78 is 40.2. The van der Waals surface area contributed by atoms with E-state index in [1.165, 1.54) is 4.90 Å². The van der Waals surface area contributed by atoms with E-state index in [-0.39, 0.29) is 19.5 Å². The number of alkyl halides is 3. The van der Waals surface area contributed by atoms with Gasteiger partial charge in [0, 0.05) is 26.1 Å². The average molecular weight is 317 g/mol. The third-order valence-electron chi connectivity index (χ3n) is 4.26. The van der Waals surface area contributed by atoms with Crippen molar-refractivity contribution in [2.24, 2.45) is 5.92 Å². The number of hydrogen-bond acceptors (Lipinski definition) is 3. The predicted molar refractivity (Wildman–Crippen MR) is 70.9 cm³/mol. The van der Waals surface area contributed by atoms with Crippen LogP contribution in [0, 0.1) is 5.92 Å². The highest BCUT2D eigenvalue weighted by atomic mass is 19.4. The van der Waals surface area contributed by atoms with Crippen molar-refractivity contribution in [2.45, 2.75) is 44.9 Å². The van der Waals surface area contributed by atoms with Crippen LogP contribution in [0.1, 0.15) is 30.9 Å². The first kappa shape index (κ1) is 15.1. The molecule has 1 aromatic rings. The largest absolute Gasteiger partial charge is 0.393 e. The molecule has 1 unspecified atom stereocenters. The van der Waals surface area contributed by atoms with Crippen LogP contribution in [0.5, 0.6) is 0 Å². The van der Waals surface area contributed by atoms with Crippen molar-refractivity contribution >= 4 is 6.03 Å². The number of fused-ring (bicyclic) bond motifs is 1. The summed E-state index contributed by atoms with van der Waals surface area (Å²) in [7, 11) is 0. The minimum atomic E-state index is -4.24. The van der Waals surface area contributed by atoms with Crippen LogP contribution >= 0.6 is 0 Å². The molecule has 9 heteroatoms. The molecular formula is C13H18F3N5O. The van der Waals surface area contributed by atoms with E-state index in [0.717, 1.165) is 25.2 Å². The van der Waals surface area contributed by atoms with Crippen molar-refractivity contribution in [3.8, 4) is 0 Å². The normalized spacial score (nSPS) is 21.8. The number of carbonyl (C=O) groups is 1. The summed E-state index contributed by atoms with van der Waals surface area (Å²) in [6.45, 7) is 1.11. The van der Waals surface area contributed by atoms with Crippen molar-refractivity contribution < 1.29 is 18.0 Å². The molecule has 1 atom stereocenters. The molecule has 0 bridgehead atoms. The number of nitrogens with one attached hydrogen (secondary N) is 1. The molecule has 2 aliphatic heterocycles. The summed E-state index contributed by atoms with van der Waals surface area (Å²) in [5.41, 5.74) is 0. The van der Waals surface area contributed by atoms with Crippen molar-refractivity contribution in [1.29, 1.82) is 0 Å². The summed E-state index contributed by atoms with van der Waals surface area (Å²) in [6, 6.07) is -0.468. The average Bonchev–Trinajstić information content (AvgIpc) is 3.07. The quantitative estimate of drug-likeness (QED) is 0.903. The highest BCUT2D eigenvalue weighted by Crippen LogP contribution is 2.33. The van der Waals surface area contributed by atoms with Gasteiger partial charge >= 0.3 is 12.2 Å². The van der Waals surface area contributed by atoms with Gasteiger partial charge in [0.1, 0.15) is 5.82 Å². The molecular weight excluding hydrogens is 299 g/mol. The van der Waals surface area contributed by atoms with Crippen LogP contribution in [0.15, 0.2) is 0 Å². The molecule has 122 valence electrons. The number of hydrogen-bond donors (Lipinski definition) is 1. The van der Waals surface area contributed by atoms with Gasteiger partial charge in [0.15, 0.2) is 5.82 Å². The van der Waals surface area contributed by atoms with E-state index < -0.39 is 18.1 Å². The van der Waals surface area contributed by atoms with Crippen LogP contribution in [0.3, 0.4) is 0 Å². The summed E-state index contributed by atoms with van der Waals surface area (Å²) in [4.78, 5) is 13.3. The van der Waals surface area contributed by atoms with E-state index >= 15 is 0 Å². The highest BCUT2D eigenvalue weighted by molar-refractivity contribution is 5.74. The number of urea groups is 1. The van der Waals surface area contributed by atoms with Crippen molar-refractivity contribution in [3.05, 3.63) is 11.6 Å². The number of aryl methyl sites for hydroxylation is 1. The third kappa shape index (κ3) is 3.02. The number of rotatable bonds is 2. The number of halogens is 3. The second-order valence-electron chi connectivity index (χ2n) is 5.77. The van der Waals surface area contributed by atoms with Crippen LogP contribution in [0.25, 0.3) is 0 Å². The van der Waals surface area contributed by atoms with Gasteiger partial charge in [-0.15, -0.1) is 10.2 Å². The molecule has 1 N–H and O–H groups in total. The molecule has 2 amide bonds. The third-order valence-corrected chi connectivity index (χ3v) is 4.26. The summed E-state index contributed by atoms with van der Waals surface area (Å²) in [5, 5.41) is 10.7. The molecule has 0 aromatic carbocycles. The zero-order chi connectivity index (χ0) is 15.7. The van der Waals surface area contributed by atoms with Crippen molar-refractivity contribution in [1.82, 2.24) is 25.0 Å². The Morgan fingerprint density at radius 3 is 2.86 bits per heavy atom. The Kier molecular flexibility index (Phi) is 3.96. The molecule has 0 saturated carbocycles. The van der Waals surface area contributed by atoms with Crippen LogP contribution in [0.4, 0.5) is 18.0 Å². The Morgan fingerprint density at radius 1 is 1.27 bits per heavy atom. The van der Waals surface area contributed by atoms with Gasteiger partial charge in [-0.1, -0.05) is 0 Å². The molecule has 3 rings (SSSR count). The molecule has 1 fully saturated rings. The maximum Gasteiger partial charge on any atom is 0.393 e. The first-order chi connectivity index (χ1) is 10.4. The van der Waals surface area contributed by atoms with Crippen molar-refractivity contribution in [2.75, 3.05) is 13.1 Å². The Labute approximate surface area is 125 Å². The van der Waals surface area contributed by atoms with Gasteiger partial charge in [-0.05, 0) is 19.3 Å². The van der Waals surface area contributed by atoms with Gasteiger partial charge in [-0.3, -0.25) is 0 Å². The summed E-state index contributed by atoms with van der Waals surface area (Å²) in [6.07, 6.45) is -1.90. The zero-order valence-corrected chi connectivity index (χ0v) is 12.1. The first-order valence-electron chi connectivity index (χ1n) is 7.45. The molecule has 1 aromatic heterocycles. The second-order valence-corrected chi connectivity index (χ2v) is 5.77. The molecule has 0 radical (unpaired) electrons. The highest BCUT2D eigenvalue weighted by Gasteiger charge is 2.42. The van der Waals surface area contributed by atoms with E-state index in [4.69, 9.17) is 0 Å². The lowest BCUT2D eigenvalue weighted by molar-refractivity contribution is -0.184. The maximum atomic E-state index is 12.8. The monoisotopic (exact) mass is 317 g/mol. The van der Waals surface area contributed by atoms with Gasteiger partial charge in [-0.2, -0.15) is 13.2 Å². The van der Waals surface area contributed by atoms with E-state index in [1.54, 1.807) is 0 Å². The molecule has 6 nitrogen and oxygen atoms in total. The van der Waals surface area contributed by atoms with Crippen LogP contribution in [0.2, 0.25) is 0 Å². The summed E-state index contributed by atoms with van der Waals surface area (Å²) >= 11 is 0. The number of amides is 2. The number of likely N-dealkylation sites (tertiary alicyclic amines) is 1. The smallest absolute Gasteiger partial charge is 0.331 e. The SMILES string of the molecule is O=C(NCc1nnc2n1CCC2)N1CCCC(C(F)(F)F)C1. The molecule has 0 spiro atoms. The number of carbonyl (C=O) groups excluding carboxylic acids is 1. The lowest BCUT2D eigenvalue weighted by atomic mass is 9.98. The van der Waals surface area contributed by atoms with Crippen molar-refractivity contribution in [3.63, 3.8) is 0 Å². The Bertz CT molecular complexity index is 556. The van der Waals surface area contributed by atoms with Gasteiger partial charge in [0.2, 0.25) is 0 Å². The predicted octanol–water partition coefficient (Wildman–Crippen LogP) is 1.71. The molecule has 22 heavy (non-hydrogen) atoms. The lowest BCUT2D eigenvalue weighted by Crippen LogP contribution is -2.48. The lowest BCUT2D eigenvalue weighted by Gasteiger charge is -2.33. The first-order valence-corrected chi connectivity index (χ1v) is 7.45. The molecule has 3 heterocycles. The van der Waals surface area contributed by atoms with E-state index in [2.05, 4.69) is 15.5 Å². The summed E-state index contributed by atoms with van der Waals surface area (Å²) in [5.74, 6) is 0.133. The van der Waals surface area contributed by atoms with Crippen LogP contribution in [-0.4, -0.2) is 45.0 Å². The fraction of sp³-hybridized carbons (Fsp3) is 0.769. The maximum absolute atomic E-state index is 12.8. The van der Waals surface area contributed by atoms with Gasteiger partial charge < -0.3 is 14.8 Å². The molecule has 2 aliphatic rings. The zero-order valence-electron chi connectivity index (χ0n) is 12.1. The van der Waals surface area contributed by atoms with Gasteiger partial charge in [0.25, 0.3) is 0 Å². The number of aromatic nitrogens is 3. The number of nitrogens with zero attached hydrogens (tertiary/aromatic N) is 4. The number of piperidine rings is 1. The van der Waals surface area contributed by atoms with E-state index in [0.29, 0.717) is 18.8 Å². The van der Waals surface area contributed by atoms with E-state index in [9.17, 15) is 18.0 Å². The minimum Gasteiger partial charge on any atom is -0.331 e. The standard InChI is InChI=1S/C13H18F3N5O/c14-13(15,16)9-3-1-5-20(8-9)12(22)17-7-11-19-18-10-4-2-6-21(10)11/h9H,1-8H2,(H,17,22). The van der Waals surface area contributed by atoms with Crippen LogP contribution in [-0.2, 0) is 19.5 Å². The van der Waals surface area contributed by atoms with Gasteiger partial charge in [-0.25, -0.2) is 4.79 Å². The Balaban J connectivity index is 1.55. The van der Waals surface area contributed by atoms with Crippen LogP contribution < -0.4 is 5.32 Å². The molecule has 0 aliphatic carbocycles. The minimum absolute atomic E-state index is 0.0883. The van der Waals surface area contributed by atoms with E-state index in [1.807, 2.05) is 4.57 Å².